The Hall–Kier alpha value is -3.08. The van der Waals surface area contributed by atoms with Crippen molar-refractivity contribution in [2.45, 2.75) is 33.4 Å². The summed E-state index contributed by atoms with van der Waals surface area (Å²) in [6.07, 6.45) is 0.559. The minimum absolute atomic E-state index is 0.272. The van der Waals surface area contributed by atoms with Gasteiger partial charge >= 0.3 is 5.63 Å². The standard InChI is InChI=1S/C27H24ClNO3/c1-17-23-13-21-15-29(14-20-9-6-10-22(28)11-20)16-31-25(21)18(2)26(23)32-27(30)24(17)12-19-7-4-3-5-8-19/h3-11,13H,12,14-16H2,1-2H3/p+1. The Bertz CT molecular complexity index is 1360. The molecule has 0 radical (unpaired) electrons. The van der Waals surface area contributed by atoms with E-state index in [1.165, 1.54) is 10.5 Å². The highest BCUT2D eigenvalue weighted by molar-refractivity contribution is 6.30. The van der Waals surface area contributed by atoms with Gasteiger partial charge in [-0.05, 0) is 43.2 Å². The number of nitrogens with one attached hydrogen (secondary N) is 1. The van der Waals surface area contributed by atoms with Crippen molar-refractivity contribution in [1.29, 1.82) is 0 Å². The molecule has 1 N–H and O–H groups in total. The monoisotopic (exact) mass is 446 g/mol. The summed E-state index contributed by atoms with van der Waals surface area (Å²) in [4.78, 5) is 14.1. The predicted octanol–water partition coefficient (Wildman–Crippen LogP) is 4.59. The number of rotatable bonds is 4. The number of quaternary nitrogens is 1. The molecule has 1 aliphatic heterocycles. The highest BCUT2D eigenvalue weighted by Gasteiger charge is 2.26. The lowest BCUT2D eigenvalue weighted by Crippen LogP contribution is -3.10. The quantitative estimate of drug-likeness (QED) is 0.466. The minimum atomic E-state index is -0.272. The second-order valence-electron chi connectivity index (χ2n) is 8.54. The van der Waals surface area contributed by atoms with E-state index >= 15 is 0 Å². The van der Waals surface area contributed by atoms with Crippen LogP contribution in [0.2, 0.25) is 5.02 Å². The lowest BCUT2D eigenvalue weighted by atomic mass is 9.96. The molecule has 1 aliphatic rings. The molecular formula is C27H25ClNO3+. The molecule has 0 amide bonds. The molecular weight excluding hydrogens is 422 g/mol. The molecule has 2 heterocycles. The molecule has 5 heteroatoms. The van der Waals surface area contributed by atoms with E-state index in [1.54, 1.807) is 0 Å². The summed E-state index contributed by atoms with van der Waals surface area (Å²) >= 11 is 6.16. The lowest BCUT2D eigenvalue weighted by molar-refractivity contribution is -0.945. The van der Waals surface area contributed by atoms with Crippen LogP contribution in [-0.2, 0) is 19.5 Å². The van der Waals surface area contributed by atoms with Crippen molar-refractivity contribution in [3.05, 3.63) is 109 Å². The van der Waals surface area contributed by atoms with E-state index in [0.717, 1.165) is 51.5 Å². The van der Waals surface area contributed by atoms with Crippen LogP contribution in [0.15, 0.2) is 69.9 Å². The van der Waals surface area contributed by atoms with Crippen molar-refractivity contribution >= 4 is 22.6 Å². The minimum Gasteiger partial charge on any atom is -0.444 e. The lowest BCUT2D eigenvalue weighted by Gasteiger charge is -2.28. The molecule has 0 aliphatic carbocycles. The van der Waals surface area contributed by atoms with Crippen molar-refractivity contribution in [2.24, 2.45) is 0 Å². The fraction of sp³-hybridized carbons (Fsp3) is 0.222. The average Bonchev–Trinajstić information content (AvgIpc) is 2.78. The molecule has 0 fully saturated rings. The van der Waals surface area contributed by atoms with Gasteiger partial charge in [-0.25, -0.2) is 4.79 Å². The van der Waals surface area contributed by atoms with Gasteiger partial charge in [0.2, 0.25) is 6.73 Å². The van der Waals surface area contributed by atoms with E-state index in [1.807, 2.05) is 62.4 Å². The second-order valence-corrected chi connectivity index (χ2v) is 8.98. The number of aryl methyl sites for hydroxylation is 2. The molecule has 1 atom stereocenters. The third-order valence-electron chi connectivity index (χ3n) is 6.26. The third kappa shape index (κ3) is 3.92. The number of halogens is 1. The molecule has 0 saturated carbocycles. The maximum atomic E-state index is 12.8. The van der Waals surface area contributed by atoms with Crippen LogP contribution in [0.5, 0.6) is 5.75 Å². The maximum absolute atomic E-state index is 12.8. The van der Waals surface area contributed by atoms with Crippen LogP contribution in [0, 0.1) is 13.8 Å². The smallest absolute Gasteiger partial charge is 0.340 e. The van der Waals surface area contributed by atoms with Gasteiger partial charge < -0.3 is 9.15 Å². The Morgan fingerprint density at radius 2 is 1.75 bits per heavy atom. The fourth-order valence-electron chi connectivity index (χ4n) is 4.61. The Kier molecular flexibility index (Phi) is 5.50. The van der Waals surface area contributed by atoms with E-state index < -0.39 is 0 Å². The van der Waals surface area contributed by atoms with Crippen LogP contribution in [0.1, 0.15) is 33.4 Å². The number of ether oxygens (including phenoxy) is 1. The van der Waals surface area contributed by atoms with Crippen molar-refractivity contribution in [1.82, 2.24) is 0 Å². The topological polar surface area (TPSA) is 43.9 Å². The van der Waals surface area contributed by atoms with Gasteiger partial charge in [0.05, 0.1) is 0 Å². The average molecular weight is 447 g/mol. The molecule has 1 unspecified atom stereocenters. The molecule has 4 aromatic rings. The number of benzene rings is 3. The Labute approximate surface area is 192 Å². The van der Waals surface area contributed by atoms with E-state index in [-0.39, 0.29) is 5.63 Å². The number of fused-ring (bicyclic) bond motifs is 2. The zero-order chi connectivity index (χ0) is 22.2. The van der Waals surface area contributed by atoms with Crippen LogP contribution in [-0.4, -0.2) is 6.73 Å². The molecule has 162 valence electrons. The highest BCUT2D eigenvalue weighted by Crippen LogP contribution is 2.34. The van der Waals surface area contributed by atoms with Crippen molar-refractivity contribution < 1.29 is 14.1 Å². The largest absolute Gasteiger partial charge is 0.444 e. The summed E-state index contributed by atoms with van der Waals surface area (Å²) < 4.78 is 12.0. The Balaban J connectivity index is 1.52. The second kappa shape index (κ2) is 8.45. The van der Waals surface area contributed by atoms with Gasteiger partial charge in [-0.15, -0.1) is 0 Å². The molecule has 0 saturated heterocycles. The first-order valence-electron chi connectivity index (χ1n) is 10.8. The van der Waals surface area contributed by atoms with Crippen LogP contribution >= 0.6 is 11.6 Å². The summed E-state index contributed by atoms with van der Waals surface area (Å²) in [6.45, 7) is 6.22. The first-order chi connectivity index (χ1) is 15.5. The number of hydrogen-bond acceptors (Lipinski definition) is 3. The molecule has 5 rings (SSSR count). The number of hydrogen-bond donors (Lipinski definition) is 1. The van der Waals surface area contributed by atoms with Crippen LogP contribution in [0.25, 0.3) is 11.0 Å². The molecule has 0 bridgehead atoms. The van der Waals surface area contributed by atoms with Crippen LogP contribution in [0.3, 0.4) is 0 Å². The molecule has 0 spiro atoms. The third-order valence-corrected chi connectivity index (χ3v) is 6.50. The van der Waals surface area contributed by atoms with Gasteiger partial charge in [0.1, 0.15) is 24.4 Å². The summed E-state index contributed by atoms with van der Waals surface area (Å²) in [5.74, 6) is 0.839. The van der Waals surface area contributed by atoms with Crippen molar-refractivity contribution in [2.75, 3.05) is 6.73 Å². The summed E-state index contributed by atoms with van der Waals surface area (Å²) in [5.41, 5.74) is 6.36. The molecule has 4 nitrogen and oxygen atoms in total. The van der Waals surface area contributed by atoms with E-state index in [2.05, 4.69) is 12.1 Å². The van der Waals surface area contributed by atoms with E-state index in [0.29, 0.717) is 24.3 Å². The Morgan fingerprint density at radius 1 is 0.969 bits per heavy atom. The van der Waals surface area contributed by atoms with Crippen LogP contribution < -0.4 is 15.3 Å². The van der Waals surface area contributed by atoms with Gasteiger partial charge in [-0.1, -0.05) is 54.1 Å². The molecule has 32 heavy (non-hydrogen) atoms. The van der Waals surface area contributed by atoms with Crippen molar-refractivity contribution in [3.8, 4) is 5.75 Å². The molecule has 3 aromatic carbocycles. The SMILES string of the molecule is Cc1c(Cc2ccccc2)c(=O)oc2c(C)c3c(cc12)C[NH+](Cc1cccc(Cl)c1)CO3. The van der Waals surface area contributed by atoms with Gasteiger partial charge in [-0.2, -0.15) is 0 Å². The highest BCUT2D eigenvalue weighted by atomic mass is 35.5. The maximum Gasteiger partial charge on any atom is 0.340 e. The van der Waals surface area contributed by atoms with Crippen molar-refractivity contribution in [3.63, 3.8) is 0 Å². The predicted molar refractivity (Wildman–Crippen MR) is 127 cm³/mol. The normalized spacial score (nSPS) is 15.4. The summed E-state index contributed by atoms with van der Waals surface area (Å²) in [7, 11) is 0. The summed E-state index contributed by atoms with van der Waals surface area (Å²) in [5, 5.41) is 1.73. The van der Waals surface area contributed by atoms with Gasteiger partial charge in [0, 0.05) is 39.1 Å². The van der Waals surface area contributed by atoms with Gasteiger partial charge in [0.25, 0.3) is 0 Å². The zero-order valence-electron chi connectivity index (χ0n) is 18.2. The zero-order valence-corrected chi connectivity index (χ0v) is 19.0. The van der Waals surface area contributed by atoms with E-state index in [4.69, 9.17) is 20.8 Å². The van der Waals surface area contributed by atoms with E-state index in [9.17, 15) is 4.79 Å². The Morgan fingerprint density at radius 3 is 2.53 bits per heavy atom. The first-order valence-corrected chi connectivity index (χ1v) is 11.2. The van der Waals surface area contributed by atoms with Crippen LogP contribution in [0.4, 0.5) is 0 Å². The summed E-state index contributed by atoms with van der Waals surface area (Å²) in [6, 6.07) is 20.1. The fourth-order valence-corrected chi connectivity index (χ4v) is 4.82. The molecule has 1 aromatic heterocycles. The first kappa shape index (κ1) is 20.8. The van der Waals surface area contributed by atoms with Gasteiger partial charge in [0.15, 0.2) is 0 Å². The van der Waals surface area contributed by atoms with Gasteiger partial charge in [-0.3, -0.25) is 4.90 Å².